The van der Waals surface area contributed by atoms with Crippen LogP contribution in [0.2, 0.25) is 0 Å². The predicted molar refractivity (Wildman–Crippen MR) is 78.7 cm³/mol. The third-order valence-electron chi connectivity index (χ3n) is 2.23. The summed E-state index contributed by atoms with van der Waals surface area (Å²) in [6.45, 7) is 11.4. The number of pyridine rings is 1. The predicted octanol–water partition coefficient (Wildman–Crippen LogP) is 2.14. The molecule has 0 saturated heterocycles. The van der Waals surface area contributed by atoms with Crippen molar-refractivity contribution in [1.82, 2.24) is 15.6 Å². The summed E-state index contributed by atoms with van der Waals surface area (Å²) >= 11 is 0. The molecule has 2 N–H and O–H groups in total. The molecule has 0 radical (unpaired) electrons. The summed E-state index contributed by atoms with van der Waals surface area (Å²) in [5, 5.41) is 5.67. The largest absolute Gasteiger partial charge is 0.347 e. The molecule has 1 aromatic rings. The first-order valence-electron chi connectivity index (χ1n) is 6.59. The molecule has 0 aliphatic rings. The van der Waals surface area contributed by atoms with Gasteiger partial charge in [0.05, 0.1) is 0 Å². The highest BCUT2D eigenvalue weighted by Crippen LogP contribution is 2.07. The Bertz CT molecular complexity index is 467. The van der Waals surface area contributed by atoms with Gasteiger partial charge in [-0.25, -0.2) is 0 Å². The van der Waals surface area contributed by atoms with Gasteiger partial charge in [-0.05, 0) is 53.7 Å². The van der Waals surface area contributed by atoms with Gasteiger partial charge >= 0.3 is 0 Å². The molecule has 20 heavy (non-hydrogen) atoms. The van der Waals surface area contributed by atoms with E-state index in [2.05, 4.69) is 15.6 Å². The van der Waals surface area contributed by atoms with Gasteiger partial charge < -0.3 is 10.6 Å². The van der Waals surface area contributed by atoms with E-state index in [1.54, 1.807) is 6.07 Å². The van der Waals surface area contributed by atoms with Crippen LogP contribution in [0, 0.1) is 0 Å². The number of carbonyl (C=O) groups excluding carboxylic acids is 2. The number of hydrogen-bond donors (Lipinski definition) is 2. The second kappa shape index (κ2) is 5.61. The molecule has 0 atom stereocenters. The zero-order chi connectivity index (χ0) is 15.6. The number of nitrogens with zero attached hydrogens (tertiary/aromatic N) is 1. The summed E-state index contributed by atoms with van der Waals surface area (Å²) in [5.74, 6) is -0.507. The zero-order valence-corrected chi connectivity index (χ0v) is 13.0. The van der Waals surface area contributed by atoms with Gasteiger partial charge in [0, 0.05) is 22.8 Å². The molecule has 0 aliphatic carbocycles. The SMILES string of the molecule is CC(C)(C)NC(=O)c1ccnc(C(=O)NC(C)(C)C)c1. The Morgan fingerprint density at radius 2 is 1.45 bits per heavy atom. The van der Waals surface area contributed by atoms with Crippen LogP contribution in [0.1, 0.15) is 62.4 Å². The summed E-state index contributed by atoms with van der Waals surface area (Å²) in [6.07, 6.45) is 1.47. The molecule has 0 aliphatic heterocycles. The average molecular weight is 277 g/mol. The van der Waals surface area contributed by atoms with E-state index in [1.807, 2.05) is 41.5 Å². The maximum absolute atomic E-state index is 12.0. The normalized spacial score (nSPS) is 11.9. The highest BCUT2D eigenvalue weighted by molar-refractivity contribution is 5.98. The molecule has 2 amide bonds. The van der Waals surface area contributed by atoms with Crippen molar-refractivity contribution in [2.45, 2.75) is 52.6 Å². The standard InChI is InChI=1S/C15H23N3O2/c1-14(2,3)17-12(19)10-7-8-16-11(9-10)13(20)18-15(4,5)6/h7-9H,1-6H3,(H,17,19)(H,18,20). The maximum Gasteiger partial charge on any atom is 0.270 e. The van der Waals surface area contributed by atoms with E-state index in [0.29, 0.717) is 5.56 Å². The van der Waals surface area contributed by atoms with E-state index in [0.717, 1.165) is 0 Å². The lowest BCUT2D eigenvalue weighted by Gasteiger charge is -2.21. The van der Waals surface area contributed by atoms with Crippen LogP contribution in [-0.2, 0) is 0 Å². The minimum Gasteiger partial charge on any atom is -0.347 e. The molecule has 0 fully saturated rings. The Hall–Kier alpha value is -1.91. The quantitative estimate of drug-likeness (QED) is 0.870. The van der Waals surface area contributed by atoms with Gasteiger partial charge in [0.15, 0.2) is 0 Å². The molecule has 1 rings (SSSR count). The third kappa shape index (κ3) is 5.38. The Morgan fingerprint density at radius 1 is 0.950 bits per heavy atom. The Balaban J connectivity index is 2.91. The molecule has 5 heteroatoms. The van der Waals surface area contributed by atoms with Gasteiger partial charge in [-0.15, -0.1) is 0 Å². The molecule has 1 heterocycles. The maximum atomic E-state index is 12.0. The number of rotatable bonds is 2. The lowest BCUT2D eigenvalue weighted by Crippen LogP contribution is -2.42. The summed E-state index contributed by atoms with van der Waals surface area (Å²) in [5.41, 5.74) is -0.00755. The Morgan fingerprint density at radius 3 is 1.95 bits per heavy atom. The lowest BCUT2D eigenvalue weighted by atomic mass is 10.1. The summed E-state index contributed by atoms with van der Waals surface area (Å²) < 4.78 is 0. The minimum atomic E-state index is -0.345. The van der Waals surface area contributed by atoms with Crippen molar-refractivity contribution >= 4 is 11.8 Å². The van der Waals surface area contributed by atoms with Crippen molar-refractivity contribution in [1.29, 1.82) is 0 Å². The molecule has 110 valence electrons. The first-order chi connectivity index (χ1) is 8.98. The second-order valence-corrected chi connectivity index (χ2v) is 6.84. The summed E-state index contributed by atoms with van der Waals surface area (Å²) in [7, 11) is 0. The molecule has 0 unspecified atom stereocenters. The number of amides is 2. The highest BCUT2D eigenvalue weighted by atomic mass is 16.2. The van der Waals surface area contributed by atoms with Gasteiger partial charge in [-0.1, -0.05) is 0 Å². The summed E-state index contributed by atoms with van der Waals surface area (Å²) in [6, 6.07) is 3.09. The van der Waals surface area contributed by atoms with E-state index in [1.165, 1.54) is 12.3 Å². The highest BCUT2D eigenvalue weighted by Gasteiger charge is 2.19. The summed E-state index contributed by atoms with van der Waals surface area (Å²) in [4.78, 5) is 28.1. The van der Waals surface area contributed by atoms with Crippen LogP contribution in [0.15, 0.2) is 18.3 Å². The number of hydrogen-bond acceptors (Lipinski definition) is 3. The first-order valence-corrected chi connectivity index (χ1v) is 6.59. The fourth-order valence-electron chi connectivity index (χ4n) is 1.51. The van der Waals surface area contributed by atoms with Crippen LogP contribution in [0.4, 0.5) is 0 Å². The number of nitrogens with one attached hydrogen (secondary N) is 2. The van der Waals surface area contributed by atoms with Gasteiger partial charge in [0.2, 0.25) is 0 Å². The van der Waals surface area contributed by atoms with Gasteiger partial charge in [-0.2, -0.15) is 0 Å². The van der Waals surface area contributed by atoms with Crippen molar-refractivity contribution in [2.75, 3.05) is 0 Å². The van der Waals surface area contributed by atoms with Crippen LogP contribution in [0.25, 0.3) is 0 Å². The Kier molecular flexibility index (Phi) is 4.53. The van der Waals surface area contributed by atoms with Crippen LogP contribution >= 0.6 is 0 Å². The van der Waals surface area contributed by atoms with Crippen molar-refractivity contribution in [2.24, 2.45) is 0 Å². The lowest BCUT2D eigenvalue weighted by molar-refractivity contribution is 0.0914. The molecule has 0 saturated carbocycles. The van der Waals surface area contributed by atoms with E-state index in [4.69, 9.17) is 0 Å². The van der Waals surface area contributed by atoms with E-state index in [9.17, 15) is 9.59 Å². The van der Waals surface area contributed by atoms with Crippen LogP contribution in [-0.4, -0.2) is 27.9 Å². The van der Waals surface area contributed by atoms with Crippen LogP contribution in [0.5, 0.6) is 0 Å². The average Bonchev–Trinajstić information content (AvgIpc) is 2.24. The molecule has 1 aromatic heterocycles. The topological polar surface area (TPSA) is 71.1 Å². The van der Waals surface area contributed by atoms with Crippen LogP contribution < -0.4 is 10.6 Å². The van der Waals surface area contributed by atoms with E-state index < -0.39 is 0 Å². The molecule has 0 spiro atoms. The van der Waals surface area contributed by atoms with E-state index >= 15 is 0 Å². The van der Waals surface area contributed by atoms with Crippen molar-refractivity contribution in [3.63, 3.8) is 0 Å². The molecular formula is C15H23N3O2. The van der Waals surface area contributed by atoms with Crippen molar-refractivity contribution < 1.29 is 9.59 Å². The Labute approximate surface area is 120 Å². The van der Waals surface area contributed by atoms with Crippen molar-refractivity contribution in [3.05, 3.63) is 29.6 Å². The minimum absolute atomic E-state index is 0.218. The second-order valence-electron chi connectivity index (χ2n) is 6.84. The van der Waals surface area contributed by atoms with Gasteiger partial charge in [0.1, 0.15) is 5.69 Å². The van der Waals surface area contributed by atoms with Crippen LogP contribution in [0.3, 0.4) is 0 Å². The number of carbonyl (C=O) groups is 2. The van der Waals surface area contributed by atoms with E-state index in [-0.39, 0.29) is 28.6 Å². The molecule has 0 aromatic carbocycles. The molecule has 0 bridgehead atoms. The monoisotopic (exact) mass is 277 g/mol. The molecule has 5 nitrogen and oxygen atoms in total. The van der Waals surface area contributed by atoms with Gasteiger partial charge in [-0.3, -0.25) is 14.6 Å². The fraction of sp³-hybridized carbons (Fsp3) is 0.533. The zero-order valence-electron chi connectivity index (χ0n) is 13.0. The van der Waals surface area contributed by atoms with Crippen molar-refractivity contribution in [3.8, 4) is 0 Å². The fourth-order valence-corrected chi connectivity index (χ4v) is 1.51. The number of aromatic nitrogens is 1. The molecular weight excluding hydrogens is 254 g/mol. The third-order valence-corrected chi connectivity index (χ3v) is 2.23. The van der Waals surface area contributed by atoms with Gasteiger partial charge in [0.25, 0.3) is 11.8 Å². The smallest absolute Gasteiger partial charge is 0.270 e. The first kappa shape index (κ1) is 16.1.